The molecule has 18 N–H and O–H groups in total. The summed E-state index contributed by atoms with van der Waals surface area (Å²) in [7, 11) is 0. The van der Waals surface area contributed by atoms with Gasteiger partial charge in [0, 0.05) is 75.7 Å². The lowest BCUT2D eigenvalue weighted by Crippen LogP contribution is -2.64. The Hall–Kier alpha value is -7.17. The van der Waals surface area contributed by atoms with Crippen molar-refractivity contribution in [1.82, 2.24) is 47.0 Å². The maximum absolute atomic E-state index is 15.0. The van der Waals surface area contributed by atoms with Crippen molar-refractivity contribution in [2.45, 2.75) is 182 Å². The number of β-amino-alcohol motifs (C(OH)–C–C–N with tert-alkyl or cyclic N) is 1. The highest BCUT2D eigenvalue weighted by atomic mass is 16.5. The Morgan fingerprint density at radius 3 is 1.89 bits per heavy atom. The number of aliphatic hydroxyl groups excluding tert-OH is 10. The van der Waals surface area contributed by atoms with Crippen LogP contribution in [0.3, 0.4) is 0 Å². The number of hydrogen-bond acceptors (Lipinski definition) is 23. The number of piperidine rings is 1. The molecular weight excluding hydrogens is 1260 g/mol. The molecule has 0 radical (unpaired) electrons. The Bertz CT molecular complexity index is 3080. The summed E-state index contributed by atoms with van der Waals surface area (Å²) in [6.45, 7) is 0.787. The minimum Gasteiger partial charge on any atom is -0.504 e. The monoisotopic (exact) mass is 1360 g/mol. The first-order valence-electron chi connectivity index (χ1n) is 33.7. The molecule has 5 aliphatic rings. The quantitative estimate of drug-likeness (QED) is 0.0380. The first kappa shape index (κ1) is 75.6. The minimum atomic E-state index is -2.13. The number of anilines is 1. The standard InChI is InChI=1S/C67H98N10O20/c1-37-31-77-59(60(37)88)65(93)70-30-46(83)28-50(71-61(89)42-11-9-40(10-12-42)41-13-15-45(16-14-41)75-23-19-49(20-24-75)97-48-6-4-3-5-7-48)62(90)72-56(38(2)82)66(94)76-32-47(84)29-51(76)63(91)73-57(64(92)74-58(67(77)95)53(86)18-21-68-43(33-78)34-79)54(87)26-39-8-17-52(85)55(27-39)96-25-22-69-44(35-80)36-81/h8-17,27,37-38,43-44,46-51,53-54,56-60,68-69,78-88H,3-7,18-26,28-36H2,1-2H3,(H,70,93)(H,71,89)(H,72,90)(H,73,91)(H,74,92)/t37-,38+,46+,47+,50?,51-,53+,54+,56-,57-,58-,59-,60-/m0/s1. The van der Waals surface area contributed by atoms with Crippen LogP contribution in [0.1, 0.15) is 94.0 Å². The normalized spacial score (nSPS) is 26.5. The van der Waals surface area contributed by atoms with Crippen molar-refractivity contribution in [3.05, 3.63) is 77.9 Å². The molecule has 1 unspecified atom stereocenters. The number of phenolic OH excluding ortho intramolecular Hbond substituents is 1. The fourth-order valence-corrected chi connectivity index (χ4v) is 13.1. The Morgan fingerprint density at radius 2 is 1.25 bits per heavy atom. The summed E-state index contributed by atoms with van der Waals surface area (Å²) in [6.07, 6.45) is -3.97. The zero-order valence-electron chi connectivity index (χ0n) is 54.9. The number of aliphatic hydroxyl groups is 10. The van der Waals surface area contributed by atoms with Gasteiger partial charge in [0.1, 0.15) is 42.9 Å². The third-order valence-electron chi connectivity index (χ3n) is 18.9. The number of nitrogens with one attached hydrogen (secondary N) is 7. The molecule has 4 heterocycles. The molecule has 7 amide bonds. The molecular formula is C67H98N10O20. The molecule has 5 fully saturated rings. The SMILES string of the molecule is C[C@@H](O)[C@@H]1NC(=O)C(NC(=O)c2ccc(-c3ccc(N4CCC(OC5CCCCC5)CC4)cc3)cc2)C[C@@H](O)CNC(=O)[C@@H]2[C@@H](O)[C@@H](C)CN2C(=O)[C@H]([C@H](O)CCNC(CO)CO)NC(=O)[C@H]([C@H](O)Cc2ccc(O)c(OCCNC(CO)CO)c2)NC(=O)[C@@H]2C[C@@H](O)CN2C1=O. The van der Waals surface area contributed by atoms with Crippen LogP contribution in [0, 0.1) is 5.92 Å². The molecule has 13 atom stereocenters. The average Bonchev–Trinajstić information content (AvgIpc) is 1.71. The van der Waals surface area contributed by atoms with Gasteiger partial charge in [-0.3, -0.25) is 33.6 Å². The van der Waals surface area contributed by atoms with E-state index in [-0.39, 0.29) is 68.2 Å². The maximum atomic E-state index is 15.0. The molecule has 0 bridgehead atoms. The van der Waals surface area contributed by atoms with Crippen LogP contribution in [0.5, 0.6) is 11.5 Å². The molecule has 3 aromatic carbocycles. The van der Waals surface area contributed by atoms with Crippen LogP contribution in [0.2, 0.25) is 0 Å². The molecule has 0 spiro atoms. The molecule has 4 saturated heterocycles. The number of carbonyl (C=O) groups is 7. The third-order valence-corrected chi connectivity index (χ3v) is 18.9. The number of amides is 7. The van der Waals surface area contributed by atoms with Crippen LogP contribution in [0.25, 0.3) is 11.1 Å². The van der Waals surface area contributed by atoms with Gasteiger partial charge in [0.2, 0.25) is 35.4 Å². The number of fused-ring (bicyclic) bond motifs is 2. The second-order valence-electron chi connectivity index (χ2n) is 26.2. The molecule has 3 aromatic rings. The molecule has 8 rings (SSSR count). The van der Waals surface area contributed by atoms with Crippen molar-refractivity contribution < 1.29 is 99.2 Å². The summed E-state index contributed by atoms with van der Waals surface area (Å²) in [6, 6.07) is 5.57. The summed E-state index contributed by atoms with van der Waals surface area (Å²) >= 11 is 0. The highest BCUT2D eigenvalue weighted by Gasteiger charge is 2.50. The molecule has 30 heteroatoms. The Kier molecular flexibility index (Phi) is 28.1. The van der Waals surface area contributed by atoms with Gasteiger partial charge in [-0.25, -0.2) is 0 Å². The number of aromatic hydroxyl groups is 1. The van der Waals surface area contributed by atoms with Gasteiger partial charge in [0.05, 0.1) is 87.3 Å². The predicted octanol–water partition coefficient (Wildman–Crippen LogP) is -4.02. The number of rotatable bonds is 24. The van der Waals surface area contributed by atoms with Crippen LogP contribution in [-0.2, 0) is 39.9 Å². The van der Waals surface area contributed by atoms with E-state index in [1.54, 1.807) is 12.1 Å². The number of benzene rings is 3. The zero-order chi connectivity index (χ0) is 70.0. The van der Waals surface area contributed by atoms with Gasteiger partial charge in [-0.2, -0.15) is 0 Å². The van der Waals surface area contributed by atoms with Gasteiger partial charge in [0.25, 0.3) is 5.91 Å². The number of ether oxygens (including phenoxy) is 2. The highest BCUT2D eigenvalue weighted by Crippen LogP contribution is 2.32. The first-order chi connectivity index (χ1) is 46.5. The van der Waals surface area contributed by atoms with Crippen LogP contribution >= 0.6 is 0 Å². The lowest BCUT2D eigenvalue weighted by Gasteiger charge is -2.36. The number of phenols is 1. The van der Waals surface area contributed by atoms with Gasteiger partial charge in [-0.1, -0.05) is 56.5 Å². The molecule has 1 aliphatic carbocycles. The zero-order valence-corrected chi connectivity index (χ0v) is 54.9. The van der Waals surface area contributed by atoms with Crippen molar-refractivity contribution in [1.29, 1.82) is 0 Å². The van der Waals surface area contributed by atoms with Crippen molar-refractivity contribution in [2.24, 2.45) is 5.92 Å². The molecule has 0 aromatic heterocycles. The lowest BCUT2D eigenvalue weighted by atomic mass is 9.97. The summed E-state index contributed by atoms with van der Waals surface area (Å²) in [5.74, 6) is -9.06. The topological polar surface area (TPSA) is 454 Å². The molecule has 1 saturated carbocycles. The fraction of sp³-hybridized carbons (Fsp3) is 0.627. The summed E-state index contributed by atoms with van der Waals surface area (Å²) in [5, 5.41) is 137. The highest BCUT2D eigenvalue weighted by molar-refractivity contribution is 6.00. The minimum absolute atomic E-state index is 0.0726. The van der Waals surface area contributed by atoms with Crippen molar-refractivity contribution in [3.8, 4) is 22.6 Å². The first-order valence-corrected chi connectivity index (χ1v) is 33.7. The summed E-state index contributed by atoms with van der Waals surface area (Å²) in [4.78, 5) is 107. The lowest BCUT2D eigenvalue weighted by molar-refractivity contribution is -0.147. The van der Waals surface area contributed by atoms with Crippen LogP contribution in [-0.4, -0.2) is 283 Å². The largest absolute Gasteiger partial charge is 0.504 e. The van der Waals surface area contributed by atoms with E-state index in [4.69, 9.17) is 9.47 Å². The summed E-state index contributed by atoms with van der Waals surface area (Å²) in [5.41, 5.74) is 2.96. The predicted molar refractivity (Wildman–Crippen MR) is 350 cm³/mol. The van der Waals surface area contributed by atoms with E-state index >= 15 is 4.79 Å². The van der Waals surface area contributed by atoms with E-state index < -0.39 is 184 Å². The number of nitrogens with zero attached hydrogens (tertiary/aromatic N) is 3. The Morgan fingerprint density at radius 1 is 0.649 bits per heavy atom. The fourth-order valence-electron chi connectivity index (χ4n) is 13.1. The molecule has 536 valence electrons. The number of carbonyl (C=O) groups excluding carboxylic acids is 7. The van der Waals surface area contributed by atoms with Crippen molar-refractivity contribution >= 4 is 47.0 Å². The van der Waals surface area contributed by atoms with Gasteiger partial charge in [-0.15, -0.1) is 0 Å². The Labute approximate surface area is 563 Å². The third kappa shape index (κ3) is 20.3. The van der Waals surface area contributed by atoms with E-state index in [2.05, 4.69) is 42.1 Å². The van der Waals surface area contributed by atoms with Crippen LogP contribution in [0.15, 0.2) is 66.7 Å². The molecule has 97 heavy (non-hydrogen) atoms. The van der Waals surface area contributed by atoms with Gasteiger partial charge >= 0.3 is 0 Å². The maximum Gasteiger partial charge on any atom is 0.251 e. The van der Waals surface area contributed by atoms with Crippen molar-refractivity contribution in [2.75, 3.05) is 83.7 Å². The summed E-state index contributed by atoms with van der Waals surface area (Å²) < 4.78 is 12.2. The van der Waals surface area contributed by atoms with E-state index in [1.165, 1.54) is 56.5 Å². The van der Waals surface area contributed by atoms with E-state index in [9.17, 15) is 84.9 Å². The van der Waals surface area contributed by atoms with E-state index in [0.29, 0.717) is 6.10 Å². The Balaban J connectivity index is 1.06. The molecule has 4 aliphatic heterocycles. The second kappa shape index (κ2) is 36.1. The van der Waals surface area contributed by atoms with E-state index in [1.807, 2.05) is 24.3 Å². The number of hydrogen-bond donors (Lipinski definition) is 18. The van der Waals surface area contributed by atoms with Gasteiger partial charge < -0.3 is 118 Å². The second-order valence-corrected chi connectivity index (χ2v) is 26.2. The van der Waals surface area contributed by atoms with Crippen LogP contribution in [0.4, 0.5) is 5.69 Å². The van der Waals surface area contributed by atoms with Gasteiger partial charge in [-0.05, 0) is 98.7 Å². The van der Waals surface area contributed by atoms with Gasteiger partial charge in [0.15, 0.2) is 11.5 Å². The van der Waals surface area contributed by atoms with E-state index in [0.717, 1.165) is 72.3 Å². The molecule has 30 nitrogen and oxygen atoms in total. The smallest absolute Gasteiger partial charge is 0.251 e. The average molecular weight is 1360 g/mol. The van der Waals surface area contributed by atoms with Crippen molar-refractivity contribution in [3.63, 3.8) is 0 Å². The van der Waals surface area contributed by atoms with Crippen LogP contribution < -0.4 is 46.9 Å².